The number of nitro groups is 1. The Morgan fingerprint density at radius 2 is 2.04 bits per heavy atom. The van der Waals surface area contributed by atoms with E-state index < -0.39 is 10.8 Å². The summed E-state index contributed by atoms with van der Waals surface area (Å²) in [7, 11) is 1.65. The van der Waals surface area contributed by atoms with Crippen molar-refractivity contribution in [3.8, 4) is 0 Å². The molecule has 1 heterocycles. The summed E-state index contributed by atoms with van der Waals surface area (Å²) in [4.78, 5) is 27.2. The molecule has 1 aromatic heterocycles. The third-order valence-electron chi connectivity index (χ3n) is 3.22. The van der Waals surface area contributed by atoms with Gasteiger partial charge in [-0.3, -0.25) is 20.2 Å². The van der Waals surface area contributed by atoms with Gasteiger partial charge in [-0.15, -0.1) is 11.3 Å². The van der Waals surface area contributed by atoms with Gasteiger partial charge in [0.25, 0.3) is 11.6 Å². The molecule has 23 heavy (non-hydrogen) atoms. The van der Waals surface area contributed by atoms with Gasteiger partial charge in [0.15, 0.2) is 5.13 Å². The van der Waals surface area contributed by atoms with E-state index in [0.29, 0.717) is 10.8 Å². The standard InChI is InChI=1S/C15H18N4O3S/c1-15(2,3)12-8-23-14(17-12)18-13(20)10-7-9(19(21)22)5-6-11(10)16-4/h5-8,16H,1-4H3,(H,17,18,20). The fraction of sp³-hybridized carbons (Fsp3) is 0.333. The van der Waals surface area contributed by atoms with Crippen LogP contribution in [-0.2, 0) is 5.41 Å². The first kappa shape index (κ1) is 16.9. The molecule has 0 saturated carbocycles. The van der Waals surface area contributed by atoms with E-state index >= 15 is 0 Å². The van der Waals surface area contributed by atoms with Gasteiger partial charge in [-0.2, -0.15) is 0 Å². The van der Waals surface area contributed by atoms with E-state index in [2.05, 4.69) is 15.6 Å². The van der Waals surface area contributed by atoms with Crippen LogP contribution in [0, 0.1) is 10.1 Å². The molecule has 0 aliphatic heterocycles. The fourth-order valence-electron chi connectivity index (χ4n) is 1.89. The number of carbonyl (C=O) groups excluding carboxylic acids is 1. The quantitative estimate of drug-likeness (QED) is 0.657. The Bertz CT molecular complexity index is 749. The molecule has 0 saturated heterocycles. The molecule has 0 fully saturated rings. The summed E-state index contributed by atoms with van der Waals surface area (Å²) in [5, 5.41) is 18.8. The highest BCUT2D eigenvalue weighted by Crippen LogP contribution is 2.28. The molecule has 7 nitrogen and oxygen atoms in total. The third-order valence-corrected chi connectivity index (χ3v) is 3.98. The second-order valence-electron chi connectivity index (χ2n) is 5.98. The maximum atomic E-state index is 12.4. The Labute approximate surface area is 137 Å². The van der Waals surface area contributed by atoms with Crippen molar-refractivity contribution in [3.63, 3.8) is 0 Å². The highest BCUT2D eigenvalue weighted by Gasteiger charge is 2.20. The number of thiazole rings is 1. The predicted octanol–water partition coefficient (Wildman–Crippen LogP) is 3.64. The van der Waals surface area contributed by atoms with Gasteiger partial charge in [-0.25, -0.2) is 4.98 Å². The van der Waals surface area contributed by atoms with Crippen LogP contribution >= 0.6 is 11.3 Å². The summed E-state index contributed by atoms with van der Waals surface area (Å²) in [6.45, 7) is 6.11. The zero-order valence-corrected chi connectivity index (χ0v) is 14.2. The molecule has 0 bridgehead atoms. The fourth-order valence-corrected chi connectivity index (χ4v) is 2.82. The van der Waals surface area contributed by atoms with Gasteiger partial charge < -0.3 is 5.32 Å². The number of nitro benzene ring substituents is 1. The smallest absolute Gasteiger partial charge is 0.270 e. The minimum absolute atomic E-state index is 0.110. The van der Waals surface area contributed by atoms with Crippen molar-refractivity contribution in [2.24, 2.45) is 0 Å². The monoisotopic (exact) mass is 334 g/mol. The lowest BCUT2D eigenvalue weighted by molar-refractivity contribution is -0.384. The van der Waals surface area contributed by atoms with Gasteiger partial charge in [0.1, 0.15) is 0 Å². The van der Waals surface area contributed by atoms with Crippen LogP contribution in [-0.4, -0.2) is 22.9 Å². The Hall–Kier alpha value is -2.48. The van der Waals surface area contributed by atoms with Gasteiger partial charge in [0, 0.05) is 35.7 Å². The molecule has 8 heteroatoms. The van der Waals surface area contributed by atoms with E-state index in [-0.39, 0.29) is 16.7 Å². The summed E-state index contributed by atoms with van der Waals surface area (Å²) >= 11 is 1.33. The first-order chi connectivity index (χ1) is 10.7. The molecule has 2 rings (SSSR count). The molecule has 0 atom stereocenters. The van der Waals surface area contributed by atoms with E-state index in [1.807, 2.05) is 26.2 Å². The number of nitrogens with one attached hydrogen (secondary N) is 2. The van der Waals surface area contributed by atoms with Crippen LogP contribution in [0.4, 0.5) is 16.5 Å². The van der Waals surface area contributed by atoms with Gasteiger partial charge in [0.05, 0.1) is 16.2 Å². The van der Waals surface area contributed by atoms with Crippen molar-refractivity contribution in [1.29, 1.82) is 0 Å². The van der Waals surface area contributed by atoms with Crippen molar-refractivity contribution in [2.45, 2.75) is 26.2 Å². The second-order valence-corrected chi connectivity index (χ2v) is 6.84. The SMILES string of the molecule is CNc1ccc([N+](=O)[O-])cc1C(=O)Nc1nc(C(C)(C)C)cs1. The van der Waals surface area contributed by atoms with Crippen LogP contribution in [0.15, 0.2) is 23.6 Å². The van der Waals surface area contributed by atoms with Crippen molar-refractivity contribution in [1.82, 2.24) is 4.98 Å². The molecule has 1 amide bonds. The van der Waals surface area contributed by atoms with Crippen molar-refractivity contribution < 1.29 is 9.72 Å². The molecule has 2 aromatic rings. The zero-order valence-electron chi connectivity index (χ0n) is 13.3. The molecular formula is C15H18N4O3S. The van der Waals surface area contributed by atoms with Crippen molar-refractivity contribution >= 4 is 33.8 Å². The van der Waals surface area contributed by atoms with E-state index in [1.54, 1.807) is 7.05 Å². The number of non-ortho nitro benzene ring substituents is 1. The largest absolute Gasteiger partial charge is 0.387 e. The Kier molecular flexibility index (Phi) is 4.65. The minimum Gasteiger partial charge on any atom is -0.387 e. The molecule has 2 N–H and O–H groups in total. The average Bonchev–Trinajstić information content (AvgIpc) is 2.95. The van der Waals surface area contributed by atoms with E-state index in [9.17, 15) is 14.9 Å². The van der Waals surface area contributed by atoms with Crippen LogP contribution < -0.4 is 10.6 Å². The number of hydrogen-bond acceptors (Lipinski definition) is 6. The number of anilines is 2. The third kappa shape index (κ3) is 3.84. The van der Waals surface area contributed by atoms with Crippen LogP contribution in [0.1, 0.15) is 36.8 Å². The van der Waals surface area contributed by atoms with Crippen LogP contribution in [0.2, 0.25) is 0 Å². The summed E-state index contributed by atoms with van der Waals surface area (Å²) in [5.74, 6) is -0.437. The minimum atomic E-state index is -0.530. The van der Waals surface area contributed by atoms with Crippen LogP contribution in [0.25, 0.3) is 0 Å². The van der Waals surface area contributed by atoms with E-state index in [0.717, 1.165) is 5.69 Å². The van der Waals surface area contributed by atoms with Crippen molar-refractivity contribution in [2.75, 3.05) is 17.7 Å². The zero-order chi connectivity index (χ0) is 17.2. The number of benzene rings is 1. The first-order valence-electron chi connectivity index (χ1n) is 6.96. The first-order valence-corrected chi connectivity index (χ1v) is 7.84. The Morgan fingerprint density at radius 1 is 1.35 bits per heavy atom. The molecule has 0 radical (unpaired) electrons. The molecule has 0 aliphatic carbocycles. The maximum absolute atomic E-state index is 12.4. The highest BCUT2D eigenvalue weighted by atomic mass is 32.1. The number of nitrogens with zero attached hydrogens (tertiary/aromatic N) is 2. The normalized spacial score (nSPS) is 11.1. The Balaban J connectivity index is 2.28. The topological polar surface area (TPSA) is 97.2 Å². The molecule has 0 spiro atoms. The second kappa shape index (κ2) is 6.33. The molecular weight excluding hydrogens is 316 g/mol. The number of rotatable bonds is 4. The average molecular weight is 334 g/mol. The summed E-state index contributed by atoms with van der Waals surface area (Å²) in [5.41, 5.74) is 1.35. The predicted molar refractivity (Wildman–Crippen MR) is 91.4 cm³/mol. The van der Waals surface area contributed by atoms with Crippen molar-refractivity contribution in [3.05, 3.63) is 45.0 Å². The van der Waals surface area contributed by atoms with Gasteiger partial charge >= 0.3 is 0 Å². The maximum Gasteiger partial charge on any atom is 0.270 e. The van der Waals surface area contributed by atoms with E-state index in [4.69, 9.17) is 0 Å². The molecule has 122 valence electrons. The van der Waals surface area contributed by atoms with Crippen LogP contribution in [0.5, 0.6) is 0 Å². The molecule has 1 aromatic carbocycles. The lowest BCUT2D eigenvalue weighted by Gasteiger charge is -2.14. The lowest BCUT2D eigenvalue weighted by atomic mass is 9.93. The van der Waals surface area contributed by atoms with Gasteiger partial charge in [-0.05, 0) is 6.07 Å². The van der Waals surface area contributed by atoms with Gasteiger partial charge in [0.2, 0.25) is 0 Å². The summed E-state index contributed by atoms with van der Waals surface area (Å²) < 4.78 is 0. The highest BCUT2D eigenvalue weighted by molar-refractivity contribution is 7.14. The number of hydrogen-bond donors (Lipinski definition) is 2. The van der Waals surface area contributed by atoms with Crippen LogP contribution in [0.3, 0.4) is 0 Å². The summed E-state index contributed by atoms with van der Waals surface area (Å²) in [6, 6.07) is 4.11. The molecule has 0 unspecified atom stereocenters. The lowest BCUT2D eigenvalue weighted by Crippen LogP contribution is -2.15. The Morgan fingerprint density at radius 3 is 2.57 bits per heavy atom. The van der Waals surface area contributed by atoms with Gasteiger partial charge in [-0.1, -0.05) is 20.8 Å². The number of aromatic nitrogens is 1. The summed E-state index contributed by atoms with van der Waals surface area (Å²) in [6.07, 6.45) is 0. The van der Waals surface area contributed by atoms with E-state index in [1.165, 1.54) is 29.5 Å². The number of amides is 1. The number of carbonyl (C=O) groups is 1. The molecule has 0 aliphatic rings.